The predicted octanol–water partition coefficient (Wildman–Crippen LogP) is 2.94. The molecule has 0 aromatic rings. The Kier molecular flexibility index (Phi) is 7.83. The highest BCUT2D eigenvalue weighted by molar-refractivity contribution is 5.88. The molecular weight excluding hydrogens is 434 g/mol. The first kappa shape index (κ1) is 25.0. The first-order valence-corrected chi connectivity index (χ1v) is 13.2. The van der Waals surface area contributed by atoms with Gasteiger partial charge in [-0.1, -0.05) is 13.8 Å². The highest BCUT2D eigenvalue weighted by Crippen LogP contribution is 2.61. The molecule has 1 heterocycles. The normalized spacial score (nSPS) is 33.3. The van der Waals surface area contributed by atoms with Crippen LogP contribution in [-0.2, 0) is 19.1 Å². The second kappa shape index (κ2) is 10.6. The molecule has 8 heteroatoms. The molecule has 3 amide bonds. The molecule has 0 aromatic heterocycles. The number of alkyl carbamates (subject to hydrolysis) is 1. The van der Waals surface area contributed by atoms with Gasteiger partial charge in [-0.2, -0.15) is 0 Å². The van der Waals surface area contributed by atoms with Crippen LogP contribution in [0.15, 0.2) is 0 Å². The van der Waals surface area contributed by atoms with Gasteiger partial charge in [0.25, 0.3) is 0 Å². The van der Waals surface area contributed by atoms with Crippen molar-refractivity contribution in [2.75, 3.05) is 13.2 Å². The van der Waals surface area contributed by atoms with Crippen LogP contribution in [0, 0.1) is 35.0 Å². The minimum atomic E-state index is -0.785. The predicted molar refractivity (Wildman–Crippen MR) is 127 cm³/mol. The molecule has 2 unspecified atom stereocenters. The van der Waals surface area contributed by atoms with E-state index in [1.807, 2.05) is 13.8 Å². The van der Waals surface area contributed by atoms with Crippen molar-refractivity contribution in [2.45, 2.75) is 90.1 Å². The molecule has 8 nitrogen and oxygen atoms in total. The van der Waals surface area contributed by atoms with Crippen LogP contribution in [0.1, 0.15) is 78.1 Å². The topological polar surface area (TPSA) is 114 Å². The number of carbonyl (C=O) groups excluding carboxylic acids is 4. The molecule has 0 radical (unpaired) electrons. The van der Waals surface area contributed by atoms with Crippen molar-refractivity contribution >= 4 is 24.2 Å². The van der Waals surface area contributed by atoms with Gasteiger partial charge in [0.05, 0.1) is 12.6 Å². The van der Waals surface area contributed by atoms with Crippen molar-refractivity contribution in [2.24, 2.45) is 35.0 Å². The van der Waals surface area contributed by atoms with Crippen molar-refractivity contribution in [3.8, 4) is 0 Å². The van der Waals surface area contributed by atoms with E-state index < -0.39 is 24.1 Å². The lowest BCUT2D eigenvalue weighted by molar-refractivity contribution is -0.127. The van der Waals surface area contributed by atoms with E-state index in [0.29, 0.717) is 37.7 Å². The maximum atomic E-state index is 12.9. The van der Waals surface area contributed by atoms with E-state index in [2.05, 4.69) is 16.0 Å². The van der Waals surface area contributed by atoms with E-state index in [9.17, 15) is 19.2 Å². The number of rotatable bonds is 11. The lowest BCUT2D eigenvalue weighted by Crippen LogP contribution is -2.51. The number of amides is 3. The Morgan fingerprint density at radius 2 is 1.76 bits per heavy atom. The van der Waals surface area contributed by atoms with Gasteiger partial charge in [-0.05, 0) is 93.3 Å². The standard InChI is InChI=1S/C26H41N3O5/c1-16(2)7-22(24(32)28-21(15-30)11-20-3-5-27-23(20)31)29-25(33)34-6-4-26-12-17-8-18(13-26)10-19(9-17)14-26/h15-22H,3-14H2,1-2H3,(H,27,31)(H,28,32)(H,29,33)/t17?,18?,19?,20?,21?,22-,26?/m0/s1. The van der Waals surface area contributed by atoms with Crippen molar-refractivity contribution in [3.05, 3.63) is 0 Å². The van der Waals surface area contributed by atoms with E-state index in [4.69, 9.17) is 4.74 Å². The summed E-state index contributed by atoms with van der Waals surface area (Å²) in [6, 6.07) is -1.54. The van der Waals surface area contributed by atoms with Gasteiger partial charge in [0.15, 0.2) is 0 Å². The number of hydrogen-bond donors (Lipinski definition) is 3. The summed E-state index contributed by atoms with van der Waals surface area (Å²) in [5.41, 5.74) is 0.341. The third-order valence-electron chi connectivity index (χ3n) is 8.54. The summed E-state index contributed by atoms with van der Waals surface area (Å²) in [5, 5.41) is 8.18. The molecule has 3 atom stereocenters. The highest BCUT2D eigenvalue weighted by atomic mass is 16.5. The average Bonchev–Trinajstić information content (AvgIpc) is 3.15. The Morgan fingerprint density at radius 1 is 1.12 bits per heavy atom. The van der Waals surface area contributed by atoms with Crippen molar-refractivity contribution < 1.29 is 23.9 Å². The number of nitrogens with one attached hydrogen (secondary N) is 3. The molecule has 1 aliphatic heterocycles. The Balaban J connectivity index is 1.25. The maximum Gasteiger partial charge on any atom is 0.407 e. The maximum absolute atomic E-state index is 12.9. The molecule has 0 aromatic carbocycles. The monoisotopic (exact) mass is 475 g/mol. The molecule has 5 rings (SSSR count). The summed E-state index contributed by atoms with van der Waals surface area (Å²) in [6.07, 6.45) is 10.3. The number of hydrogen-bond acceptors (Lipinski definition) is 5. The van der Waals surface area contributed by atoms with Crippen LogP contribution in [0.2, 0.25) is 0 Å². The zero-order valence-electron chi connectivity index (χ0n) is 20.6. The van der Waals surface area contributed by atoms with Crippen LogP contribution in [-0.4, -0.2) is 49.4 Å². The summed E-state index contributed by atoms with van der Waals surface area (Å²) in [7, 11) is 0. The van der Waals surface area contributed by atoms with Crippen LogP contribution >= 0.6 is 0 Å². The summed E-state index contributed by atoms with van der Waals surface area (Å²) in [5.74, 6) is 1.98. The van der Waals surface area contributed by atoms with Gasteiger partial charge in [0.2, 0.25) is 11.8 Å². The van der Waals surface area contributed by atoms with E-state index >= 15 is 0 Å². The molecule has 4 aliphatic carbocycles. The molecular formula is C26H41N3O5. The SMILES string of the molecule is CC(C)C[C@H](NC(=O)OCCC12CC3CC(CC(C3)C1)C2)C(=O)NC(C=O)CC1CCNC1=O. The molecule has 3 N–H and O–H groups in total. The van der Waals surface area contributed by atoms with Crippen LogP contribution in [0.25, 0.3) is 0 Å². The quantitative estimate of drug-likeness (QED) is 0.398. The Morgan fingerprint density at radius 3 is 2.29 bits per heavy atom. The minimum absolute atomic E-state index is 0.0828. The summed E-state index contributed by atoms with van der Waals surface area (Å²) in [6.45, 7) is 4.91. The van der Waals surface area contributed by atoms with E-state index in [1.165, 1.54) is 38.5 Å². The van der Waals surface area contributed by atoms with E-state index in [-0.39, 0.29) is 24.2 Å². The zero-order valence-corrected chi connectivity index (χ0v) is 20.6. The third kappa shape index (κ3) is 6.11. The van der Waals surface area contributed by atoms with Crippen molar-refractivity contribution in [1.29, 1.82) is 0 Å². The highest BCUT2D eigenvalue weighted by Gasteiger charge is 2.50. The van der Waals surface area contributed by atoms with Gasteiger partial charge in [0.1, 0.15) is 12.3 Å². The molecule has 4 bridgehead atoms. The molecule has 1 saturated heterocycles. The Bertz CT molecular complexity index is 747. The fraction of sp³-hybridized carbons (Fsp3) is 0.846. The minimum Gasteiger partial charge on any atom is -0.450 e. The first-order valence-electron chi connectivity index (χ1n) is 13.2. The fourth-order valence-corrected chi connectivity index (χ4v) is 7.45. The third-order valence-corrected chi connectivity index (χ3v) is 8.54. The molecule has 5 aliphatic rings. The van der Waals surface area contributed by atoms with Gasteiger partial charge in [-0.3, -0.25) is 9.59 Å². The summed E-state index contributed by atoms with van der Waals surface area (Å²) in [4.78, 5) is 48.8. The smallest absolute Gasteiger partial charge is 0.407 e. The Labute approximate surface area is 202 Å². The van der Waals surface area contributed by atoms with Gasteiger partial charge < -0.3 is 25.5 Å². The van der Waals surface area contributed by atoms with Gasteiger partial charge in [0, 0.05) is 12.5 Å². The first-order chi connectivity index (χ1) is 16.2. The molecule has 0 spiro atoms. The van der Waals surface area contributed by atoms with Crippen molar-refractivity contribution in [1.82, 2.24) is 16.0 Å². The molecule has 34 heavy (non-hydrogen) atoms. The number of carbonyl (C=O) groups is 4. The van der Waals surface area contributed by atoms with Gasteiger partial charge >= 0.3 is 6.09 Å². The van der Waals surface area contributed by atoms with E-state index in [1.54, 1.807) is 0 Å². The number of ether oxygens (including phenoxy) is 1. The molecule has 190 valence electrons. The molecule has 4 saturated carbocycles. The zero-order chi connectivity index (χ0) is 24.3. The largest absolute Gasteiger partial charge is 0.450 e. The molecule has 5 fully saturated rings. The van der Waals surface area contributed by atoms with Gasteiger partial charge in [-0.15, -0.1) is 0 Å². The summed E-state index contributed by atoms with van der Waals surface area (Å²) >= 11 is 0. The van der Waals surface area contributed by atoms with Crippen LogP contribution < -0.4 is 16.0 Å². The average molecular weight is 476 g/mol. The second-order valence-corrected chi connectivity index (χ2v) is 11.9. The van der Waals surface area contributed by atoms with Crippen LogP contribution in [0.5, 0.6) is 0 Å². The lowest BCUT2D eigenvalue weighted by atomic mass is 9.49. The number of aldehydes is 1. The van der Waals surface area contributed by atoms with Gasteiger partial charge in [-0.25, -0.2) is 4.79 Å². The second-order valence-electron chi connectivity index (χ2n) is 11.9. The van der Waals surface area contributed by atoms with Crippen molar-refractivity contribution in [3.63, 3.8) is 0 Å². The van der Waals surface area contributed by atoms with Crippen LogP contribution in [0.4, 0.5) is 4.79 Å². The lowest BCUT2D eigenvalue weighted by Gasteiger charge is -2.57. The summed E-state index contributed by atoms with van der Waals surface area (Å²) < 4.78 is 5.54. The van der Waals surface area contributed by atoms with E-state index in [0.717, 1.165) is 24.2 Å². The Hall–Kier alpha value is -2.12. The van der Waals surface area contributed by atoms with Crippen LogP contribution in [0.3, 0.4) is 0 Å². The fourth-order valence-electron chi connectivity index (χ4n) is 7.45.